The highest BCUT2D eigenvalue weighted by Gasteiger charge is 2.21. The van der Waals surface area contributed by atoms with Crippen LogP contribution < -0.4 is 5.32 Å². The van der Waals surface area contributed by atoms with E-state index in [1.807, 2.05) is 37.3 Å². The van der Waals surface area contributed by atoms with Crippen molar-refractivity contribution in [3.63, 3.8) is 0 Å². The van der Waals surface area contributed by atoms with Gasteiger partial charge < -0.3 is 10.4 Å². The van der Waals surface area contributed by atoms with Crippen LogP contribution in [0.15, 0.2) is 30.3 Å². The summed E-state index contributed by atoms with van der Waals surface area (Å²) in [6.45, 7) is 7.97. The lowest BCUT2D eigenvalue weighted by molar-refractivity contribution is 0.0571. The second-order valence-electron chi connectivity index (χ2n) is 5.71. The van der Waals surface area contributed by atoms with Gasteiger partial charge in [-0.25, -0.2) is 0 Å². The molecule has 2 heteroatoms. The van der Waals surface area contributed by atoms with Crippen molar-refractivity contribution in [1.82, 2.24) is 5.32 Å². The molecule has 1 aromatic carbocycles. The maximum Gasteiger partial charge on any atom is 0.0992 e. The van der Waals surface area contributed by atoms with Crippen molar-refractivity contribution in [2.24, 2.45) is 5.92 Å². The molecule has 0 saturated carbocycles. The Morgan fingerprint density at radius 3 is 2.44 bits per heavy atom. The summed E-state index contributed by atoms with van der Waals surface area (Å²) in [5.74, 6) is 0.789. The minimum atomic E-state index is -0.778. The summed E-state index contributed by atoms with van der Waals surface area (Å²) in [4.78, 5) is 0. The average molecular weight is 249 g/mol. The number of aliphatic hydroxyl groups is 1. The fourth-order valence-electron chi connectivity index (χ4n) is 2.03. The molecule has 0 spiro atoms. The first-order valence-corrected chi connectivity index (χ1v) is 7.01. The van der Waals surface area contributed by atoms with Crippen LogP contribution in [0.5, 0.6) is 0 Å². The zero-order valence-electron chi connectivity index (χ0n) is 11.9. The first kappa shape index (κ1) is 15.2. The van der Waals surface area contributed by atoms with Crippen molar-refractivity contribution in [1.29, 1.82) is 0 Å². The second-order valence-corrected chi connectivity index (χ2v) is 5.71. The van der Waals surface area contributed by atoms with Gasteiger partial charge in [-0.15, -0.1) is 0 Å². The lowest BCUT2D eigenvalue weighted by Crippen LogP contribution is -2.35. The van der Waals surface area contributed by atoms with Gasteiger partial charge in [0.15, 0.2) is 0 Å². The Hall–Kier alpha value is -0.860. The van der Waals surface area contributed by atoms with Crippen molar-refractivity contribution >= 4 is 0 Å². The number of hydrogen-bond acceptors (Lipinski definition) is 2. The van der Waals surface area contributed by atoms with E-state index in [-0.39, 0.29) is 0 Å². The molecule has 0 aliphatic heterocycles. The van der Waals surface area contributed by atoms with Gasteiger partial charge in [0, 0.05) is 6.54 Å². The van der Waals surface area contributed by atoms with Crippen LogP contribution in [0.2, 0.25) is 0 Å². The van der Waals surface area contributed by atoms with Crippen molar-refractivity contribution in [2.75, 3.05) is 13.1 Å². The molecule has 102 valence electrons. The Morgan fingerprint density at radius 2 is 1.83 bits per heavy atom. The largest absolute Gasteiger partial charge is 0.384 e. The van der Waals surface area contributed by atoms with E-state index in [1.165, 1.54) is 19.3 Å². The predicted octanol–water partition coefficient (Wildman–Crippen LogP) is 3.31. The zero-order chi connectivity index (χ0) is 13.4. The monoisotopic (exact) mass is 249 g/mol. The van der Waals surface area contributed by atoms with Gasteiger partial charge in [-0.05, 0) is 31.4 Å². The van der Waals surface area contributed by atoms with Gasteiger partial charge in [-0.3, -0.25) is 0 Å². The first-order valence-electron chi connectivity index (χ1n) is 7.01. The number of unbranched alkanes of at least 4 members (excludes halogenated alkanes) is 1. The molecule has 0 aliphatic rings. The highest BCUT2D eigenvalue weighted by Crippen LogP contribution is 2.18. The molecule has 0 aromatic heterocycles. The summed E-state index contributed by atoms with van der Waals surface area (Å²) in [5, 5.41) is 13.7. The van der Waals surface area contributed by atoms with Crippen molar-refractivity contribution in [3.8, 4) is 0 Å². The maximum atomic E-state index is 10.4. The van der Waals surface area contributed by atoms with E-state index in [2.05, 4.69) is 19.2 Å². The molecule has 0 bridgehead atoms. The third-order valence-corrected chi connectivity index (χ3v) is 3.25. The van der Waals surface area contributed by atoms with Gasteiger partial charge in [-0.1, -0.05) is 57.0 Å². The zero-order valence-corrected chi connectivity index (χ0v) is 11.9. The molecule has 0 heterocycles. The summed E-state index contributed by atoms with van der Waals surface area (Å²) in [5.41, 5.74) is 0.193. The minimum absolute atomic E-state index is 0.610. The van der Waals surface area contributed by atoms with Gasteiger partial charge >= 0.3 is 0 Å². The van der Waals surface area contributed by atoms with Crippen LogP contribution in [0.4, 0.5) is 0 Å². The molecule has 2 N–H and O–H groups in total. The summed E-state index contributed by atoms with van der Waals surface area (Å²) in [6, 6.07) is 9.85. The van der Waals surface area contributed by atoms with E-state index in [1.54, 1.807) is 0 Å². The summed E-state index contributed by atoms with van der Waals surface area (Å²) < 4.78 is 0. The minimum Gasteiger partial charge on any atom is -0.384 e. The molecule has 1 aromatic rings. The fraction of sp³-hybridized carbons (Fsp3) is 0.625. The molecule has 0 fully saturated rings. The van der Waals surface area contributed by atoms with E-state index >= 15 is 0 Å². The van der Waals surface area contributed by atoms with E-state index in [9.17, 15) is 5.11 Å². The summed E-state index contributed by atoms with van der Waals surface area (Å²) in [7, 11) is 0. The van der Waals surface area contributed by atoms with Crippen LogP contribution >= 0.6 is 0 Å². The molecule has 0 saturated heterocycles. The van der Waals surface area contributed by atoms with Crippen LogP contribution in [0.3, 0.4) is 0 Å². The molecule has 18 heavy (non-hydrogen) atoms. The van der Waals surface area contributed by atoms with E-state index in [0.717, 1.165) is 18.0 Å². The van der Waals surface area contributed by atoms with Gasteiger partial charge in [-0.2, -0.15) is 0 Å². The van der Waals surface area contributed by atoms with Crippen LogP contribution in [-0.4, -0.2) is 18.2 Å². The van der Waals surface area contributed by atoms with Gasteiger partial charge in [0.05, 0.1) is 5.60 Å². The smallest absolute Gasteiger partial charge is 0.0992 e. The Balaban J connectivity index is 2.22. The number of benzene rings is 1. The van der Waals surface area contributed by atoms with E-state index in [4.69, 9.17) is 0 Å². The van der Waals surface area contributed by atoms with Gasteiger partial charge in [0.25, 0.3) is 0 Å². The Bertz CT molecular complexity index is 319. The number of rotatable bonds is 8. The van der Waals surface area contributed by atoms with E-state index < -0.39 is 5.60 Å². The third kappa shape index (κ3) is 5.65. The molecule has 1 atom stereocenters. The molecule has 1 rings (SSSR count). The average Bonchev–Trinajstić information content (AvgIpc) is 2.34. The summed E-state index contributed by atoms with van der Waals surface area (Å²) >= 11 is 0. The lowest BCUT2D eigenvalue weighted by Gasteiger charge is -2.24. The Morgan fingerprint density at radius 1 is 1.17 bits per heavy atom. The van der Waals surface area contributed by atoms with Crippen LogP contribution in [0, 0.1) is 5.92 Å². The second kappa shape index (κ2) is 7.55. The molecular formula is C16H27NO. The SMILES string of the molecule is CC(C)CCCCNCC(C)(O)c1ccccc1. The number of hydrogen-bond donors (Lipinski definition) is 2. The van der Waals surface area contributed by atoms with Crippen LogP contribution in [-0.2, 0) is 5.60 Å². The standard InChI is InChI=1S/C16H27NO/c1-14(2)9-7-8-12-17-13-16(3,18)15-10-5-4-6-11-15/h4-6,10-11,14,17-18H,7-9,12-13H2,1-3H3. The molecule has 0 aliphatic carbocycles. The summed E-state index contributed by atoms with van der Waals surface area (Å²) in [6.07, 6.45) is 3.73. The van der Waals surface area contributed by atoms with Crippen LogP contribution in [0.1, 0.15) is 45.6 Å². The van der Waals surface area contributed by atoms with E-state index in [0.29, 0.717) is 6.54 Å². The molecule has 0 amide bonds. The van der Waals surface area contributed by atoms with Crippen LogP contribution in [0.25, 0.3) is 0 Å². The molecule has 0 radical (unpaired) electrons. The fourth-order valence-corrected chi connectivity index (χ4v) is 2.03. The van der Waals surface area contributed by atoms with Gasteiger partial charge in [0.2, 0.25) is 0 Å². The Labute approximate surface area is 111 Å². The number of nitrogens with one attached hydrogen (secondary N) is 1. The predicted molar refractivity (Wildman–Crippen MR) is 77.6 cm³/mol. The van der Waals surface area contributed by atoms with Crippen molar-refractivity contribution in [2.45, 2.75) is 45.6 Å². The lowest BCUT2D eigenvalue weighted by atomic mass is 9.96. The first-order chi connectivity index (χ1) is 8.52. The molecule has 1 unspecified atom stereocenters. The highest BCUT2D eigenvalue weighted by molar-refractivity contribution is 5.21. The third-order valence-electron chi connectivity index (χ3n) is 3.25. The van der Waals surface area contributed by atoms with Gasteiger partial charge in [0.1, 0.15) is 0 Å². The molecular weight excluding hydrogens is 222 g/mol. The van der Waals surface area contributed by atoms with Crippen molar-refractivity contribution < 1.29 is 5.11 Å². The topological polar surface area (TPSA) is 32.3 Å². The highest BCUT2D eigenvalue weighted by atomic mass is 16.3. The quantitative estimate of drug-likeness (QED) is 0.693. The van der Waals surface area contributed by atoms with Crippen molar-refractivity contribution in [3.05, 3.63) is 35.9 Å². The Kier molecular flexibility index (Phi) is 6.37. The maximum absolute atomic E-state index is 10.4. The molecule has 2 nitrogen and oxygen atoms in total. The normalized spacial score (nSPS) is 14.7.